The van der Waals surface area contributed by atoms with E-state index < -0.39 is 6.04 Å². The van der Waals surface area contributed by atoms with E-state index in [0.29, 0.717) is 29.9 Å². The largest absolute Gasteiger partial charge is 0.383 e. The van der Waals surface area contributed by atoms with Crippen molar-refractivity contribution in [2.45, 2.75) is 26.4 Å². The highest BCUT2D eigenvalue weighted by atomic mass is 16.5. The molecule has 1 N–H and O–H groups in total. The van der Waals surface area contributed by atoms with E-state index in [4.69, 9.17) is 4.74 Å². The van der Waals surface area contributed by atoms with E-state index in [1.54, 1.807) is 16.7 Å². The van der Waals surface area contributed by atoms with Gasteiger partial charge in [0.25, 0.3) is 0 Å². The minimum absolute atomic E-state index is 0.0673. The van der Waals surface area contributed by atoms with Gasteiger partial charge in [-0.2, -0.15) is 0 Å². The zero-order valence-corrected chi connectivity index (χ0v) is 20.1. The van der Waals surface area contributed by atoms with Gasteiger partial charge in [0.15, 0.2) is 0 Å². The van der Waals surface area contributed by atoms with E-state index in [0.717, 1.165) is 16.6 Å². The summed E-state index contributed by atoms with van der Waals surface area (Å²) < 4.78 is 6.67. The number of aryl methyl sites for hydroxylation is 2. The first-order valence-electron chi connectivity index (χ1n) is 11.5. The Morgan fingerprint density at radius 3 is 2.40 bits per heavy atom. The Hall–Kier alpha value is -4.04. The SMILES string of the molecule is COCCNC(=O)[C@H](c1ccccc1)N(C(=O)Cn1nnc2ccccc21)c1cc(C)cc(C)c1. The molecule has 0 spiro atoms. The van der Waals surface area contributed by atoms with Crippen molar-refractivity contribution in [3.63, 3.8) is 0 Å². The number of fused-ring (bicyclic) bond motifs is 1. The summed E-state index contributed by atoms with van der Waals surface area (Å²) in [6, 6.07) is 21.8. The summed E-state index contributed by atoms with van der Waals surface area (Å²) in [6.07, 6.45) is 0. The Kier molecular flexibility index (Phi) is 7.52. The van der Waals surface area contributed by atoms with E-state index >= 15 is 0 Å². The lowest BCUT2D eigenvalue weighted by Crippen LogP contribution is -2.46. The number of carbonyl (C=O) groups is 2. The molecule has 1 atom stereocenters. The highest BCUT2D eigenvalue weighted by Gasteiger charge is 2.33. The van der Waals surface area contributed by atoms with E-state index in [1.807, 2.05) is 86.6 Å². The minimum atomic E-state index is -0.878. The zero-order chi connectivity index (χ0) is 24.8. The third-order valence-electron chi connectivity index (χ3n) is 5.69. The molecule has 1 aromatic heterocycles. The van der Waals surface area contributed by atoms with Gasteiger partial charge in [0.1, 0.15) is 18.1 Å². The monoisotopic (exact) mass is 471 g/mol. The maximum atomic E-state index is 14.0. The van der Waals surface area contributed by atoms with Crippen LogP contribution in [0.25, 0.3) is 11.0 Å². The predicted octanol–water partition coefficient (Wildman–Crippen LogP) is 3.59. The summed E-state index contributed by atoms with van der Waals surface area (Å²) in [5, 5.41) is 11.3. The zero-order valence-electron chi connectivity index (χ0n) is 20.1. The molecule has 4 rings (SSSR count). The number of amides is 2. The molecule has 0 bridgehead atoms. The first-order valence-corrected chi connectivity index (χ1v) is 11.5. The first kappa shape index (κ1) is 24.1. The van der Waals surface area contributed by atoms with Crippen molar-refractivity contribution < 1.29 is 14.3 Å². The van der Waals surface area contributed by atoms with Crippen LogP contribution in [-0.4, -0.2) is 47.1 Å². The lowest BCUT2D eigenvalue weighted by atomic mass is 10.0. The van der Waals surface area contributed by atoms with Crippen molar-refractivity contribution in [2.24, 2.45) is 0 Å². The van der Waals surface area contributed by atoms with Crippen LogP contribution in [0.15, 0.2) is 72.8 Å². The second-order valence-electron chi connectivity index (χ2n) is 8.44. The van der Waals surface area contributed by atoms with Crippen LogP contribution in [0.2, 0.25) is 0 Å². The van der Waals surface area contributed by atoms with E-state index in [-0.39, 0.29) is 18.4 Å². The number of anilines is 1. The number of rotatable bonds is 9. The molecule has 0 aliphatic heterocycles. The first-order chi connectivity index (χ1) is 17.0. The fourth-order valence-electron chi connectivity index (χ4n) is 4.19. The molecule has 2 amide bonds. The van der Waals surface area contributed by atoms with Crippen LogP contribution < -0.4 is 10.2 Å². The molecule has 35 heavy (non-hydrogen) atoms. The number of para-hydroxylation sites is 1. The smallest absolute Gasteiger partial charge is 0.249 e. The number of methoxy groups -OCH3 is 1. The Morgan fingerprint density at radius 2 is 1.69 bits per heavy atom. The van der Waals surface area contributed by atoms with E-state index in [1.165, 1.54) is 0 Å². The third kappa shape index (κ3) is 5.55. The van der Waals surface area contributed by atoms with Gasteiger partial charge < -0.3 is 10.1 Å². The number of hydrogen-bond donors (Lipinski definition) is 1. The second-order valence-corrected chi connectivity index (χ2v) is 8.44. The normalized spacial score (nSPS) is 11.9. The quantitative estimate of drug-likeness (QED) is 0.377. The van der Waals surface area contributed by atoms with Gasteiger partial charge in [-0.15, -0.1) is 5.10 Å². The summed E-state index contributed by atoms with van der Waals surface area (Å²) >= 11 is 0. The molecule has 0 radical (unpaired) electrons. The molecule has 180 valence electrons. The standard InChI is InChI=1S/C27H29N5O3/c1-19-15-20(2)17-22(16-19)32(25(33)18-31-24-12-8-7-11-23(24)29-30-31)26(21-9-5-4-6-10-21)27(34)28-13-14-35-3/h4-12,15-17,26H,13-14,18H2,1-3H3,(H,28,34)/t26-/m0/s1. The highest BCUT2D eigenvalue weighted by Crippen LogP contribution is 2.30. The number of nitrogens with zero attached hydrogens (tertiary/aromatic N) is 4. The Balaban J connectivity index is 1.79. The van der Waals surface area contributed by atoms with Gasteiger partial charge in [0, 0.05) is 19.3 Å². The number of aromatic nitrogens is 3. The topological polar surface area (TPSA) is 89.4 Å². The molecule has 8 heteroatoms. The summed E-state index contributed by atoms with van der Waals surface area (Å²) in [5.74, 6) is -0.564. The van der Waals surface area contributed by atoms with Crippen molar-refractivity contribution >= 4 is 28.5 Å². The van der Waals surface area contributed by atoms with Crippen molar-refractivity contribution in [1.29, 1.82) is 0 Å². The average Bonchev–Trinajstić information content (AvgIpc) is 3.25. The molecule has 0 fully saturated rings. The maximum absolute atomic E-state index is 14.0. The van der Waals surface area contributed by atoms with Crippen molar-refractivity contribution in [3.05, 3.63) is 89.5 Å². The molecule has 0 saturated heterocycles. The number of ether oxygens (including phenoxy) is 1. The van der Waals surface area contributed by atoms with Crippen molar-refractivity contribution in [2.75, 3.05) is 25.2 Å². The van der Waals surface area contributed by atoms with Gasteiger partial charge in [-0.3, -0.25) is 14.5 Å². The van der Waals surface area contributed by atoms with Gasteiger partial charge in [-0.25, -0.2) is 4.68 Å². The summed E-state index contributed by atoms with van der Waals surface area (Å²) in [7, 11) is 1.58. The minimum Gasteiger partial charge on any atom is -0.383 e. The molecule has 0 unspecified atom stereocenters. The lowest BCUT2D eigenvalue weighted by Gasteiger charge is -2.32. The molecule has 3 aromatic carbocycles. The molecule has 8 nitrogen and oxygen atoms in total. The molecule has 0 aliphatic rings. The predicted molar refractivity (Wildman–Crippen MR) is 135 cm³/mol. The maximum Gasteiger partial charge on any atom is 0.249 e. The number of nitrogens with one attached hydrogen (secondary N) is 1. The lowest BCUT2D eigenvalue weighted by molar-refractivity contribution is -0.127. The Morgan fingerprint density at radius 1 is 1.00 bits per heavy atom. The van der Waals surface area contributed by atoms with Crippen LogP contribution in [-0.2, 0) is 20.9 Å². The van der Waals surface area contributed by atoms with E-state index in [2.05, 4.69) is 15.6 Å². The van der Waals surface area contributed by atoms with Crippen LogP contribution in [0.5, 0.6) is 0 Å². The molecular formula is C27H29N5O3. The molecule has 1 heterocycles. The summed E-state index contributed by atoms with van der Waals surface area (Å²) in [5.41, 5.74) is 4.80. The molecule has 0 saturated carbocycles. The van der Waals surface area contributed by atoms with Crippen molar-refractivity contribution in [3.8, 4) is 0 Å². The third-order valence-corrected chi connectivity index (χ3v) is 5.69. The van der Waals surface area contributed by atoms with Gasteiger partial charge in [0.2, 0.25) is 11.8 Å². The van der Waals surface area contributed by atoms with Crippen LogP contribution in [0.1, 0.15) is 22.7 Å². The summed E-state index contributed by atoms with van der Waals surface area (Å²) in [6.45, 7) is 4.58. The summed E-state index contributed by atoms with van der Waals surface area (Å²) in [4.78, 5) is 29.0. The van der Waals surface area contributed by atoms with E-state index in [9.17, 15) is 9.59 Å². The fraction of sp³-hybridized carbons (Fsp3) is 0.259. The molecule has 0 aliphatic carbocycles. The van der Waals surface area contributed by atoms with Gasteiger partial charge >= 0.3 is 0 Å². The highest BCUT2D eigenvalue weighted by molar-refractivity contribution is 6.01. The van der Waals surface area contributed by atoms with Gasteiger partial charge in [0.05, 0.1) is 12.1 Å². The van der Waals surface area contributed by atoms with Crippen LogP contribution >= 0.6 is 0 Å². The Labute approximate surface area is 204 Å². The fourth-order valence-corrected chi connectivity index (χ4v) is 4.19. The van der Waals surface area contributed by atoms with Crippen molar-refractivity contribution in [1.82, 2.24) is 20.3 Å². The van der Waals surface area contributed by atoms with Crippen LogP contribution in [0.4, 0.5) is 5.69 Å². The number of hydrogen-bond acceptors (Lipinski definition) is 5. The van der Waals surface area contributed by atoms with Gasteiger partial charge in [-0.1, -0.05) is 53.7 Å². The number of carbonyl (C=O) groups excluding carboxylic acids is 2. The average molecular weight is 472 g/mol. The second kappa shape index (κ2) is 10.9. The Bertz CT molecular complexity index is 1300. The van der Waals surface area contributed by atoms with Crippen LogP contribution in [0.3, 0.4) is 0 Å². The molecule has 4 aromatic rings. The van der Waals surface area contributed by atoms with Crippen LogP contribution in [0, 0.1) is 13.8 Å². The van der Waals surface area contributed by atoms with Gasteiger partial charge in [-0.05, 0) is 54.8 Å². The number of benzene rings is 3. The molecular weight excluding hydrogens is 442 g/mol.